The van der Waals surface area contributed by atoms with Gasteiger partial charge in [0.15, 0.2) is 5.78 Å². The highest BCUT2D eigenvalue weighted by Gasteiger charge is 2.40. The van der Waals surface area contributed by atoms with E-state index in [-0.39, 0.29) is 28.8 Å². The van der Waals surface area contributed by atoms with Crippen molar-refractivity contribution >= 4 is 15.8 Å². The Kier molecular flexibility index (Phi) is 4.75. The number of likely N-dealkylation sites (N-methyl/N-ethyl adjacent to an activating group) is 1. The Morgan fingerprint density at radius 3 is 2.14 bits per heavy atom. The van der Waals surface area contributed by atoms with Crippen molar-refractivity contribution in [3.63, 3.8) is 0 Å². The molecule has 22 heavy (non-hydrogen) atoms. The van der Waals surface area contributed by atoms with Gasteiger partial charge < -0.3 is 4.90 Å². The Hall–Kier alpha value is -1.24. The van der Waals surface area contributed by atoms with Crippen molar-refractivity contribution in [3.05, 3.63) is 29.8 Å². The van der Waals surface area contributed by atoms with E-state index in [0.717, 1.165) is 0 Å². The van der Waals surface area contributed by atoms with Gasteiger partial charge in [-0.2, -0.15) is 4.31 Å². The van der Waals surface area contributed by atoms with Gasteiger partial charge in [-0.05, 0) is 46.9 Å². The fourth-order valence-electron chi connectivity index (χ4n) is 3.08. The van der Waals surface area contributed by atoms with Crippen LogP contribution in [0.2, 0.25) is 0 Å². The molecule has 1 aromatic rings. The van der Waals surface area contributed by atoms with Crippen LogP contribution < -0.4 is 0 Å². The second-order valence-corrected chi connectivity index (χ2v) is 8.03. The van der Waals surface area contributed by atoms with Gasteiger partial charge in [-0.25, -0.2) is 8.42 Å². The Labute approximate surface area is 133 Å². The maximum Gasteiger partial charge on any atom is 0.243 e. The van der Waals surface area contributed by atoms with E-state index in [2.05, 4.69) is 4.90 Å². The van der Waals surface area contributed by atoms with Crippen LogP contribution in [0, 0.1) is 0 Å². The zero-order chi connectivity index (χ0) is 16.7. The highest BCUT2D eigenvalue weighted by molar-refractivity contribution is 7.89. The number of hydrogen-bond acceptors (Lipinski definition) is 4. The van der Waals surface area contributed by atoms with Crippen LogP contribution in [0.15, 0.2) is 29.2 Å². The first-order valence-corrected chi connectivity index (χ1v) is 8.95. The van der Waals surface area contributed by atoms with Crippen molar-refractivity contribution in [1.29, 1.82) is 0 Å². The standard InChI is InChI=1S/C16H24N2O3S/c1-11-10-17(5)12(2)13(3)18(11)22(20,21)16-8-6-15(7-9-16)14(4)19/h6-9,11-13H,10H2,1-5H3. The second-order valence-electron chi connectivity index (χ2n) is 6.19. The molecule has 0 N–H and O–H groups in total. The zero-order valence-corrected chi connectivity index (χ0v) is 14.6. The molecular formula is C16H24N2O3S. The molecule has 6 heteroatoms. The third-order valence-electron chi connectivity index (χ3n) is 4.62. The summed E-state index contributed by atoms with van der Waals surface area (Å²) in [6.45, 7) is 8.09. The summed E-state index contributed by atoms with van der Waals surface area (Å²) in [5, 5.41) is 0. The van der Waals surface area contributed by atoms with E-state index < -0.39 is 10.0 Å². The molecule has 1 aromatic carbocycles. The average molecular weight is 324 g/mol. The normalized spacial score (nSPS) is 27.8. The number of benzene rings is 1. The number of rotatable bonds is 3. The van der Waals surface area contributed by atoms with E-state index in [0.29, 0.717) is 12.1 Å². The van der Waals surface area contributed by atoms with E-state index >= 15 is 0 Å². The lowest BCUT2D eigenvalue weighted by molar-refractivity contribution is 0.0711. The number of nitrogens with zero attached hydrogens (tertiary/aromatic N) is 2. The third kappa shape index (κ3) is 2.95. The van der Waals surface area contributed by atoms with Gasteiger partial charge in [0.25, 0.3) is 0 Å². The number of ketones is 1. The van der Waals surface area contributed by atoms with Crippen molar-refractivity contribution in [1.82, 2.24) is 9.21 Å². The van der Waals surface area contributed by atoms with Gasteiger partial charge in [-0.15, -0.1) is 0 Å². The van der Waals surface area contributed by atoms with Crippen LogP contribution in [0.1, 0.15) is 38.1 Å². The van der Waals surface area contributed by atoms with Crippen LogP contribution in [-0.2, 0) is 10.0 Å². The summed E-state index contributed by atoms with van der Waals surface area (Å²) in [4.78, 5) is 13.8. The smallest absolute Gasteiger partial charge is 0.243 e. The number of carbonyl (C=O) groups is 1. The van der Waals surface area contributed by atoms with Gasteiger partial charge in [0.2, 0.25) is 10.0 Å². The fourth-order valence-corrected chi connectivity index (χ4v) is 4.96. The lowest BCUT2D eigenvalue weighted by Crippen LogP contribution is -2.61. The van der Waals surface area contributed by atoms with Crippen molar-refractivity contribution in [2.75, 3.05) is 13.6 Å². The molecule has 1 fully saturated rings. The molecule has 1 aliphatic heterocycles. The molecule has 2 rings (SSSR count). The molecule has 5 nitrogen and oxygen atoms in total. The van der Waals surface area contributed by atoms with Crippen molar-refractivity contribution in [2.45, 2.75) is 50.7 Å². The van der Waals surface area contributed by atoms with Crippen LogP contribution in [0.4, 0.5) is 0 Å². The van der Waals surface area contributed by atoms with Crippen molar-refractivity contribution in [2.24, 2.45) is 0 Å². The predicted octanol–water partition coefficient (Wildman–Crippen LogP) is 1.99. The Morgan fingerprint density at radius 2 is 1.64 bits per heavy atom. The molecule has 0 amide bonds. The van der Waals surface area contributed by atoms with Gasteiger partial charge >= 0.3 is 0 Å². The SMILES string of the molecule is CC(=O)c1ccc(S(=O)(=O)N2C(C)CN(C)C(C)C2C)cc1. The third-order valence-corrected chi connectivity index (χ3v) is 6.73. The minimum atomic E-state index is -3.56. The van der Waals surface area contributed by atoms with Crippen LogP contribution in [-0.4, -0.2) is 55.1 Å². The van der Waals surface area contributed by atoms with Crippen LogP contribution in [0.25, 0.3) is 0 Å². The average Bonchev–Trinajstić information content (AvgIpc) is 2.44. The monoisotopic (exact) mass is 324 g/mol. The topological polar surface area (TPSA) is 57.7 Å². The molecule has 0 aliphatic carbocycles. The van der Waals surface area contributed by atoms with E-state index in [1.165, 1.54) is 19.1 Å². The lowest BCUT2D eigenvalue weighted by atomic mass is 10.1. The molecule has 3 atom stereocenters. The van der Waals surface area contributed by atoms with Gasteiger partial charge in [0, 0.05) is 30.2 Å². The number of sulfonamides is 1. The second kappa shape index (κ2) is 6.10. The first-order chi connectivity index (χ1) is 10.2. The fraction of sp³-hybridized carbons (Fsp3) is 0.562. The number of piperazine rings is 1. The molecule has 0 spiro atoms. The maximum absolute atomic E-state index is 13.0. The summed E-state index contributed by atoms with van der Waals surface area (Å²) in [7, 11) is -1.55. The maximum atomic E-state index is 13.0. The largest absolute Gasteiger partial charge is 0.301 e. The summed E-state index contributed by atoms with van der Waals surface area (Å²) in [6.07, 6.45) is 0. The van der Waals surface area contributed by atoms with Crippen LogP contribution in [0.5, 0.6) is 0 Å². The van der Waals surface area contributed by atoms with Gasteiger partial charge in [0.05, 0.1) is 4.90 Å². The van der Waals surface area contributed by atoms with Crippen LogP contribution in [0.3, 0.4) is 0 Å². The minimum Gasteiger partial charge on any atom is -0.301 e. The first-order valence-electron chi connectivity index (χ1n) is 7.51. The van der Waals surface area contributed by atoms with E-state index in [4.69, 9.17) is 0 Å². The minimum absolute atomic E-state index is 0.0705. The van der Waals surface area contributed by atoms with E-state index in [1.54, 1.807) is 16.4 Å². The van der Waals surface area contributed by atoms with Crippen molar-refractivity contribution < 1.29 is 13.2 Å². The molecule has 1 aliphatic rings. The van der Waals surface area contributed by atoms with Crippen molar-refractivity contribution in [3.8, 4) is 0 Å². The predicted molar refractivity (Wildman–Crippen MR) is 86.5 cm³/mol. The quantitative estimate of drug-likeness (QED) is 0.798. The summed E-state index contributed by atoms with van der Waals surface area (Å²) >= 11 is 0. The van der Waals surface area contributed by atoms with Gasteiger partial charge in [-0.3, -0.25) is 4.79 Å². The highest BCUT2D eigenvalue weighted by Crippen LogP contribution is 2.28. The number of carbonyl (C=O) groups excluding carboxylic acids is 1. The zero-order valence-electron chi connectivity index (χ0n) is 13.8. The van der Waals surface area contributed by atoms with Gasteiger partial charge in [-0.1, -0.05) is 12.1 Å². The number of hydrogen-bond donors (Lipinski definition) is 0. The molecule has 0 aromatic heterocycles. The molecule has 1 heterocycles. The summed E-state index contributed by atoms with van der Waals surface area (Å²) in [5.41, 5.74) is 0.520. The van der Waals surface area contributed by atoms with Crippen LogP contribution >= 0.6 is 0 Å². The Bertz CT molecular complexity index is 654. The lowest BCUT2D eigenvalue weighted by Gasteiger charge is -2.46. The van der Waals surface area contributed by atoms with E-state index in [1.807, 2.05) is 27.8 Å². The molecule has 0 radical (unpaired) electrons. The molecule has 1 saturated heterocycles. The summed E-state index contributed by atoms with van der Waals surface area (Å²) in [6, 6.07) is 6.15. The highest BCUT2D eigenvalue weighted by atomic mass is 32.2. The molecule has 0 bridgehead atoms. The Balaban J connectivity index is 2.38. The number of Topliss-reactive ketones (excluding diaryl/α,β-unsaturated/α-hetero) is 1. The summed E-state index contributed by atoms with van der Waals surface area (Å²) < 4.78 is 27.5. The van der Waals surface area contributed by atoms with Gasteiger partial charge in [0.1, 0.15) is 0 Å². The summed E-state index contributed by atoms with van der Waals surface area (Å²) in [5.74, 6) is -0.0705. The molecule has 3 unspecified atom stereocenters. The molecule has 0 saturated carbocycles. The van der Waals surface area contributed by atoms with E-state index in [9.17, 15) is 13.2 Å². The molecular weight excluding hydrogens is 300 g/mol. The Morgan fingerprint density at radius 1 is 1.09 bits per heavy atom. The first kappa shape index (κ1) is 17.1. The molecule has 122 valence electrons.